The first-order valence-corrected chi connectivity index (χ1v) is 15.3. The van der Waals surface area contributed by atoms with Crippen LogP contribution in [0.2, 0.25) is 0 Å². The Balaban J connectivity index is 1.71. The molecule has 0 heterocycles. The molecule has 230 valence electrons. The van der Waals surface area contributed by atoms with Gasteiger partial charge >= 0.3 is 17.7 Å². The van der Waals surface area contributed by atoms with Gasteiger partial charge in [-0.25, -0.2) is 9.59 Å². The number of carbonyl (C=O) groups excluding carboxylic acids is 3. The molecule has 9 nitrogen and oxygen atoms in total. The number of nitro benzene ring substituents is 1. The minimum atomic E-state index is -1.12. The van der Waals surface area contributed by atoms with E-state index >= 15 is 0 Å². The molecule has 0 fully saturated rings. The van der Waals surface area contributed by atoms with Crippen molar-refractivity contribution in [3.05, 3.63) is 69.8 Å². The Morgan fingerprint density at radius 2 is 1.40 bits per heavy atom. The standard InChI is InChI=1S/C33H46N2O7/c1-3-4-5-6-7-8-9-10-11-12-13-14-18-21-30(36)28-22-23-31(29(24-28)35(39)40)42-32(37)26(2)34-33(38)41-25-27-19-16-15-17-20-27/h15-17,19-20,22-24,26H,3-14,18,21,25H2,1-2H3,(H,34,38). The molecule has 2 rings (SSSR count). The lowest BCUT2D eigenvalue weighted by atomic mass is 10.0. The number of alkyl carbamates (subject to hydrolysis) is 1. The lowest BCUT2D eigenvalue weighted by Crippen LogP contribution is -2.41. The van der Waals surface area contributed by atoms with Gasteiger partial charge in [0.25, 0.3) is 0 Å². The van der Waals surface area contributed by atoms with E-state index in [0.717, 1.165) is 37.3 Å². The van der Waals surface area contributed by atoms with Crippen LogP contribution in [-0.2, 0) is 16.1 Å². The predicted octanol–water partition coefficient (Wildman–Crippen LogP) is 8.48. The van der Waals surface area contributed by atoms with Gasteiger partial charge in [-0.3, -0.25) is 14.9 Å². The zero-order valence-corrected chi connectivity index (χ0v) is 25.1. The molecule has 0 aromatic heterocycles. The summed E-state index contributed by atoms with van der Waals surface area (Å²) < 4.78 is 10.3. The molecule has 0 bridgehead atoms. The molecule has 0 spiro atoms. The van der Waals surface area contributed by atoms with Crippen LogP contribution in [0.3, 0.4) is 0 Å². The van der Waals surface area contributed by atoms with Crippen LogP contribution in [-0.4, -0.2) is 28.8 Å². The molecular weight excluding hydrogens is 536 g/mol. The van der Waals surface area contributed by atoms with Gasteiger partial charge < -0.3 is 14.8 Å². The smallest absolute Gasteiger partial charge is 0.408 e. The number of benzene rings is 2. The number of nitrogens with one attached hydrogen (secondary N) is 1. The summed E-state index contributed by atoms with van der Waals surface area (Å²) in [5.41, 5.74) is 0.497. The molecule has 0 radical (unpaired) electrons. The van der Waals surface area contributed by atoms with Crippen LogP contribution in [0.4, 0.5) is 10.5 Å². The summed E-state index contributed by atoms with van der Waals surface area (Å²) in [4.78, 5) is 48.1. The van der Waals surface area contributed by atoms with Gasteiger partial charge in [0.15, 0.2) is 5.78 Å². The largest absolute Gasteiger partial charge is 0.445 e. The molecule has 2 aromatic rings. The van der Waals surface area contributed by atoms with E-state index in [0.29, 0.717) is 6.42 Å². The monoisotopic (exact) mass is 582 g/mol. The maximum Gasteiger partial charge on any atom is 0.408 e. The number of ether oxygens (including phenoxy) is 2. The van der Waals surface area contributed by atoms with E-state index in [1.807, 2.05) is 18.2 Å². The molecule has 1 atom stereocenters. The highest BCUT2D eigenvalue weighted by molar-refractivity contribution is 5.97. The second kappa shape index (κ2) is 20.2. The number of esters is 1. The average Bonchev–Trinajstić information content (AvgIpc) is 2.98. The summed E-state index contributed by atoms with van der Waals surface area (Å²) >= 11 is 0. The van der Waals surface area contributed by atoms with Gasteiger partial charge in [0.1, 0.15) is 12.6 Å². The number of rotatable bonds is 21. The summed E-state index contributed by atoms with van der Waals surface area (Å²) in [5.74, 6) is -1.38. The van der Waals surface area contributed by atoms with Gasteiger partial charge in [-0.15, -0.1) is 0 Å². The molecule has 9 heteroatoms. The van der Waals surface area contributed by atoms with Gasteiger partial charge in [0, 0.05) is 18.1 Å². The summed E-state index contributed by atoms with van der Waals surface area (Å²) in [6.45, 7) is 3.64. The van der Waals surface area contributed by atoms with E-state index in [4.69, 9.17) is 9.47 Å². The Morgan fingerprint density at radius 3 is 1.98 bits per heavy atom. The van der Waals surface area contributed by atoms with Crippen molar-refractivity contribution in [2.75, 3.05) is 0 Å². The Hall–Kier alpha value is -3.75. The second-order valence-electron chi connectivity index (χ2n) is 10.7. The number of nitrogens with zero attached hydrogens (tertiary/aromatic N) is 1. The fraction of sp³-hybridized carbons (Fsp3) is 0.545. The zero-order valence-electron chi connectivity index (χ0n) is 25.1. The Morgan fingerprint density at radius 1 is 0.833 bits per heavy atom. The SMILES string of the molecule is CCCCCCCCCCCCCCCC(=O)c1ccc(OC(=O)C(C)NC(=O)OCc2ccccc2)c([N+](=O)[O-])c1. The van der Waals surface area contributed by atoms with Crippen molar-refractivity contribution >= 4 is 23.5 Å². The third-order valence-corrected chi connectivity index (χ3v) is 7.10. The maximum absolute atomic E-state index is 12.7. The molecule has 0 saturated carbocycles. The van der Waals surface area contributed by atoms with E-state index in [-0.39, 0.29) is 23.7 Å². The van der Waals surface area contributed by atoms with Crippen LogP contribution in [0.1, 0.15) is 120 Å². The number of amides is 1. The van der Waals surface area contributed by atoms with Crippen LogP contribution < -0.4 is 10.1 Å². The van der Waals surface area contributed by atoms with E-state index in [2.05, 4.69) is 12.2 Å². The number of unbranched alkanes of at least 4 members (excludes halogenated alkanes) is 12. The van der Waals surface area contributed by atoms with Gasteiger partial charge in [0.05, 0.1) is 4.92 Å². The fourth-order valence-electron chi connectivity index (χ4n) is 4.56. The normalized spacial score (nSPS) is 11.5. The van der Waals surface area contributed by atoms with Crippen LogP contribution in [0, 0.1) is 10.1 Å². The van der Waals surface area contributed by atoms with Crippen molar-refractivity contribution < 1.29 is 28.8 Å². The molecule has 0 aliphatic heterocycles. The number of ketones is 1. The number of Topliss-reactive ketones (excluding diaryl/α,β-unsaturated/α-hetero) is 1. The van der Waals surface area contributed by atoms with Crippen LogP contribution in [0.5, 0.6) is 5.75 Å². The molecule has 1 unspecified atom stereocenters. The highest BCUT2D eigenvalue weighted by Crippen LogP contribution is 2.29. The van der Waals surface area contributed by atoms with Crippen molar-refractivity contribution in [1.29, 1.82) is 0 Å². The Labute approximate surface area is 249 Å². The quantitative estimate of drug-likeness (QED) is 0.0391. The van der Waals surface area contributed by atoms with Gasteiger partial charge in [-0.1, -0.05) is 114 Å². The van der Waals surface area contributed by atoms with Gasteiger partial charge in [-0.05, 0) is 31.0 Å². The summed E-state index contributed by atoms with van der Waals surface area (Å²) in [7, 11) is 0. The van der Waals surface area contributed by atoms with Gasteiger partial charge in [0.2, 0.25) is 5.75 Å². The molecule has 0 saturated heterocycles. The van der Waals surface area contributed by atoms with Crippen molar-refractivity contribution in [2.24, 2.45) is 0 Å². The van der Waals surface area contributed by atoms with Crippen molar-refractivity contribution in [1.82, 2.24) is 5.32 Å². The highest BCUT2D eigenvalue weighted by atomic mass is 16.6. The maximum atomic E-state index is 12.7. The second-order valence-corrected chi connectivity index (χ2v) is 10.7. The number of carbonyl (C=O) groups is 3. The lowest BCUT2D eigenvalue weighted by Gasteiger charge is -2.14. The zero-order chi connectivity index (χ0) is 30.6. The van der Waals surface area contributed by atoms with Crippen LogP contribution in [0.25, 0.3) is 0 Å². The summed E-state index contributed by atoms with van der Waals surface area (Å²) in [6, 6.07) is 11.7. The molecule has 42 heavy (non-hydrogen) atoms. The Bertz CT molecular complexity index is 1120. The number of nitro groups is 1. The number of hydrogen-bond donors (Lipinski definition) is 1. The first-order chi connectivity index (χ1) is 20.3. The molecule has 1 N–H and O–H groups in total. The van der Waals surface area contributed by atoms with Crippen LogP contribution >= 0.6 is 0 Å². The molecule has 0 aliphatic carbocycles. The third-order valence-electron chi connectivity index (χ3n) is 7.10. The molecule has 0 aliphatic rings. The number of hydrogen-bond acceptors (Lipinski definition) is 7. The first-order valence-electron chi connectivity index (χ1n) is 15.3. The molecule has 2 aromatic carbocycles. The van der Waals surface area contributed by atoms with Crippen molar-refractivity contribution in [3.8, 4) is 5.75 Å². The summed E-state index contributed by atoms with van der Waals surface area (Å²) in [5, 5.41) is 14.0. The first kappa shape index (κ1) is 34.5. The minimum Gasteiger partial charge on any atom is -0.445 e. The van der Waals surface area contributed by atoms with Crippen molar-refractivity contribution in [3.63, 3.8) is 0 Å². The van der Waals surface area contributed by atoms with Crippen LogP contribution in [0.15, 0.2) is 48.5 Å². The van der Waals surface area contributed by atoms with Gasteiger partial charge in [-0.2, -0.15) is 0 Å². The molecular formula is C33H46N2O7. The summed E-state index contributed by atoms with van der Waals surface area (Å²) in [6.07, 6.45) is 15.2. The Kier molecular flexibility index (Phi) is 16.6. The highest BCUT2D eigenvalue weighted by Gasteiger charge is 2.24. The van der Waals surface area contributed by atoms with Crippen molar-refractivity contribution in [2.45, 2.75) is 116 Å². The third kappa shape index (κ3) is 13.7. The molecule has 1 amide bonds. The predicted molar refractivity (Wildman–Crippen MR) is 163 cm³/mol. The topological polar surface area (TPSA) is 125 Å². The van der Waals surface area contributed by atoms with E-state index < -0.39 is 28.7 Å². The van der Waals surface area contributed by atoms with E-state index in [1.54, 1.807) is 12.1 Å². The van der Waals surface area contributed by atoms with E-state index in [9.17, 15) is 24.5 Å². The lowest BCUT2D eigenvalue weighted by molar-refractivity contribution is -0.385. The minimum absolute atomic E-state index is 0.0225. The average molecular weight is 583 g/mol. The van der Waals surface area contributed by atoms with E-state index in [1.165, 1.54) is 76.8 Å². The fourth-order valence-corrected chi connectivity index (χ4v) is 4.56.